The second-order valence-electron chi connectivity index (χ2n) is 3.93. The number of benzene rings is 2. The Morgan fingerprint density at radius 2 is 1.78 bits per heavy atom. The number of nitrogens with zero attached hydrogens (tertiary/aromatic N) is 1. The summed E-state index contributed by atoms with van der Waals surface area (Å²) < 4.78 is 0. The van der Waals surface area contributed by atoms with E-state index in [0.29, 0.717) is 21.9 Å². The van der Waals surface area contributed by atoms with E-state index in [4.69, 9.17) is 16.8 Å². The first kappa shape index (κ1) is 12.5. The van der Waals surface area contributed by atoms with E-state index >= 15 is 0 Å². The smallest absolute Gasteiger partial charge is 0.128 e. The Kier molecular flexibility index (Phi) is 3.53. The topological polar surface area (TPSA) is 52.8 Å². The molecule has 18 heavy (non-hydrogen) atoms. The summed E-state index contributed by atoms with van der Waals surface area (Å²) in [6.45, 7) is 1.79. The zero-order chi connectivity index (χ0) is 13.1. The molecule has 2 rings (SSSR count). The maximum atomic E-state index is 10.00. The standard InChI is InChI=1S/C14H12ClNO2/c1-9-3-2-4-12(14(9)17)13(16-18)10-5-7-11(15)8-6-10/h2-8,17-18H,1H3/b16-13-. The molecule has 0 aliphatic heterocycles. The van der Waals surface area contributed by atoms with Gasteiger partial charge in [0, 0.05) is 16.1 Å². The van der Waals surface area contributed by atoms with Crippen LogP contribution in [0.15, 0.2) is 47.6 Å². The third kappa shape index (κ3) is 2.31. The van der Waals surface area contributed by atoms with Crippen LogP contribution in [0.4, 0.5) is 0 Å². The molecule has 0 bridgehead atoms. The first-order valence-electron chi connectivity index (χ1n) is 5.40. The molecule has 4 heteroatoms. The van der Waals surface area contributed by atoms with Gasteiger partial charge in [0.05, 0.1) is 0 Å². The Balaban J connectivity index is 2.53. The fourth-order valence-electron chi connectivity index (χ4n) is 1.72. The third-order valence-corrected chi connectivity index (χ3v) is 2.96. The normalized spacial score (nSPS) is 11.6. The monoisotopic (exact) mass is 261 g/mol. The molecule has 0 radical (unpaired) electrons. The predicted molar refractivity (Wildman–Crippen MR) is 71.7 cm³/mol. The van der Waals surface area contributed by atoms with Crippen molar-refractivity contribution in [2.24, 2.45) is 5.16 Å². The molecule has 0 aliphatic rings. The molecule has 0 aromatic heterocycles. The van der Waals surface area contributed by atoms with E-state index in [1.54, 1.807) is 49.4 Å². The fourth-order valence-corrected chi connectivity index (χ4v) is 1.85. The van der Waals surface area contributed by atoms with Gasteiger partial charge in [0.2, 0.25) is 0 Å². The van der Waals surface area contributed by atoms with Crippen LogP contribution in [-0.2, 0) is 0 Å². The number of para-hydroxylation sites is 1. The van der Waals surface area contributed by atoms with Crippen molar-refractivity contribution in [3.63, 3.8) is 0 Å². The average Bonchev–Trinajstić information content (AvgIpc) is 2.37. The Labute approximate surface area is 110 Å². The number of hydrogen-bond donors (Lipinski definition) is 2. The van der Waals surface area contributed by atoms with Gasteiger partial charge in [-0.1, -0.05) is 41.0 Å². The van der Waals surface area contributed by atoms with E-state index < -0.39 is 0 Å². The number of aryl methyl sites for hydroxylation is 1. The third-order valence-electron chi connectivity index (χ3n) is 2.71. The molecule has 0 spiro atoms. The molecule has 0 heterocycles. The minimum Gasteiger partial charge on any atom is -0.507 e. The minimum absolute atomic E-state index is 0.111. The van der Waals surface area contributed by atoms with Crippen molar-refractivity contribution in [2.75, 3.05) is 0 Å². The second-order valence-corrected chi connectivity index (χ2v) is 4.36. The van der Waals surface area contributed by atoms with Gasteiger partial charge in [0.25, 0.3) is 0 Å². The van der Waals surface area contributed by atoms with Crippen LogP contribution in [0, 0.1) is 6.92 Å². The van der Waals surface area contributed by atoms with E-state index in [-0.39, 0.29) is 5.75 Å². The fraction of sp³-hybridized carbons (Fsp3) is 0.0714. The number of halogens is 1. The predicted octanol–water partition coefficient (Wildman–Crippen LogP) is 3.58. The van der Waals surface area contributed by atoms with Crippen molar-refractivity contribution in [3.8, 4) is 5.75 Å². The molecule has 0 amide bonds. The molecule has 2 N–H and O–H groups in total. The molecule has 2 aromatic carbocycles. The lowest BCUT2D eigenvalue weighted by Gasteiger charge is -2.09. The lowest BCUT2D eigenvalue weighted by Crippen LogP contribution is -2.04. The van der Waals surface area contributed by atoms with Gasteiger partial charge in [-0.2, -0.15) is 0 Å². The first-order valence-corrected chi connectivity index (χ1v) is 5.78. The van der Waals surface area contributed by atoms with Crippen molar-refractivity contribution in [2.45, 2.75) is 6.92 Å². The quantitative estimate of drug-likeness (QED) is 0.493. The molecule has 0 fully saturated rings. The molecular formula is C14H12ClNO2. The highest BCUT2D eigenvalue weighted by molar-refractivity contribution is 6.30. The van der Waals surface area contributed by atoms with Crippen molar-refractivity contribution >= 4 is 17.3 Å². The largest absolute Gasteiger partial charge is 0.507 e. The van der Waals surface area contributed by atoms with Gasteiger partial charge in [-0.25, -0.2) is 0 Å². The molecule has 92 valence electrons. The first-order chi connectivity index (χ1) is 8.63. The number of oxime groups is 1. The van der Waals surface area contributed by atoms with Crippen molar-refractivity contribution < 1.29 is 10.3 Å². The Morgan fingerprint density at radius 1 is 1.11 bits per heavy atom. The highest BCUT2D eigenvalue weighted by Gasteiger charge is 2.13. The number of rotatable bonds is 2. The minimum atomic E-state index is 0.111. The van der Waals surface area contributed by atoms with Gasteiger partial charge in [0.1, 0.15) is 11.5 Å². The van der Waals surface area contributed by atoms with E-state index in [9.17, 15) is 5.11 Å². The Hall–Kier alpha value is -2.00. The summed E-state index contributed by atoms with van der Waals surface area (Å²) in [4.78, 5) is 0. The summed E-state index contributed by atoms with van der Waals surface area (Å²) >= 11 is 5.81. The molecule has 0 aliphatic carbocycles. The van der Waals surface area contributed by atoms with Crippen LogP contribution < -0.4 is 0 Å². The summed E-state index contributed by atoms with van der Waals surface area (Å²) in [6, 6.07) is 12.2. The Bertz CT molecular complexity index is 591. The summed E-state index contributed by atoms with van der Waals surface area (Å²) in [5, 5.41) is 23.0. The number of phenolic OH excluding ortho intramolecular Hbond substituents is 1. The Morgan fingerprint density at radius 3 is 2.39 bits per heavy atom. The van der Waals surface area contributed by atoms with Crippen LogP contribution in [0.3, 0.4) is 0 Å². The van der Waals surface area contributed by atoms with Crippen LogP contribution in [0.2, 0.25) is 5.02 Å². The summed E-state index contributed by atoms with van der Waals surface area (Å²) in [5.41, 5.74) is 2.21. The van der Waals surface area contributed by atoms with Gasteiger partial charge < -0.3 is 10.3 Å². The lowest BCUT2D eigenvalue weighted by atomic mass is 9.99. The van der Waals surface area contributed by atoms with Gasteiger partial charge in [-0.15, -0.1) is 0 Å². The summed E-state index contributed by atoms with van der Waals surface area (Å²) in [5.74, 6) is 0.111. The van der Waals surface area contributed by atoms with Gasteiger partial charge in [-0.05, 0) is 30.7 Å². The second kappa shape index (κ2) is 5.10. The zero-order valence-electron chi connectivity index (χ0n) is 9.76. The van der Waals surface area contributed by atoms with Crippen LogP contribution in [-0.4, -0.2) is 16.0 Å². The number of phenols is 1. The van der Waals surface area contributed by atoms with Gasteiger partial charge in [-0.3, -0.25) is 0 Å². The number of aromatic hydroxyl groups is 1. The summed E-state index contributed by atoms with van der Waals surface area (Å²) in [6.07, 6.45) is 0. The molecule has 3 nitrogen and oxygen atoms in total. The van der Waals surface area contributed by atoms with Crippen LogP contribution in [0.5, 0.6) is 5.75 Å². The molecular weight excluding hydrogens is 250 g/mol. The van der Waals surface area contributed by atoms with E-state index in [1.165, 1.54) is 0 Å². The zero-order valence-corrected chi connectivity index (χ0v) is 10.5. The van der Waals surface area contributed by atoms with E-state index in [0.717, 1.165) is 5.56 Å². The molecule has 2 aromatic rings. The van der Waals surface area contributed by atoms with Gasteiger partial charge >= 0.3 is 0 Å². The maximum absolute atomic E-state index is 10.00. The van der Waals surface area contributed by atoms with Crippen LogP contribution in [0.25, 0.3) is 0 Å². The number of hydrogen-bond acceptors (Lipinski definition) is 3. The van der Waals surface area contributed by atoms with Crippen molar-refractivity contribution in [3.05, 3.63) is 64.2 Å². The SMILES string of the molecule is Cc1cccc(/C(=N\O)c2ccc(Cl)cc2)c1O. The molecule has 0 unspecified atom stereocenters. The molecule has 0 saturated heterocycles. The van der Waals surface area contributed by atoms with Crippen LogP contribution >= 0.6 is 11.6 Å². The molecule has 0 atom stereocenters. The maximum Gasteiger partial charge on any atom is 0.128 e. The van der Waals surface area contributed by atoms with E-state index in [2.05, 4.69) is 5.16 Å². The van der Waals surface area contributed by atoms with Gasteiger partial charge in [0.15, 0.2) is 0 Å². The van der Waals surface area contributed by atoms with Crippen molar-refractivity contribution in [1.29, 1.82) is 0 Å². The lowest BCUT2D eigenvalue weighted by molar-refractivity contribution is 0.319. The highest BCUT2D eigenvalue weighted by Crippen LogP contribution is 2.25. The highest BCUT2D eigenvalue weighted by atomic mass is 35.5. The average molecular weight is 262 g/mol. The summed E-state index contributed by atoms with van der Waals surface area (Å²) in [7, 11) is 0. The van der Waals surface area contributed by atoms with E-state index in [1.807, 2.05) is 0 Å². The van der Waals surface area contributed by atoms with Crippen LogP contribution in [0.1, 0.15) is 16.7 Å². The van der Waals surface area contributed by atoms with Crippen molar-refractivity contribution in [1.82, 2.24) is 0 Å². The molecule has 0 saturated carbocycles.